The first-order valence-corrected chi connectivity index (χ1v) is 15.0. The van der Waals surface area contributed by atoms with E-state index in [2.05, 4.69) is 80.3 Å². The third-order valence-electron chi connectivity index (χ3n) is 7.74. The molecule has 0 bridgehead atoms. The number of rotatable bonds is 7. The van der Waals surface area contributed by atoms with E-state index in [1.54, 1.807) is 13.4 Å². The quantitative estimate of drug-likeness (QED) is 0.520. The number of anilines is 1. The van der Waals surface area contributed by atoms with E-state index in [4.69, 9.17) is 13.9 Å². The van der Waals surface area contributed by atoms with Gasteiger partial charge in [-0.2, -0.15) is 0 Å². The molecule has 5 atom stereocenters. The number of methoxy groups -OCH3 is 1. The molecule has 0 unspecified atom stereocenters. The second-order valence-electron chi connectivity index (χ2n) is 11.1. The highest BCUT2D eigenvalue weighted by molar-refractivity contribution is 6.74. The zero-order chi connectivity index (χ0) is 23.8. The van der Waals surface area contributed by atoms with E-state index in [9.17, 15) is 0 Å². The fourth-order valence-corrected chi connectivity index (χ4v) is 6.17. The molecule has 1 saturated carbocycles. The Morgan fingerprint density at radius 3 is 2.55 bits per heavy atom. The second kappa shape index (κ2) is 9.35. The molecule has 7 heteroatoms. The van der Waals surface area contributed by atoms with E-state index in [-0.39, 0.29) is 29.4 Å². The summed E-state index contributed by atoms with van der Waals surface area (Å²) in [6.45, 7) is 13.8. The highest BCUT2D eigenvalue weighted by Gasteiger charge is 2.43. The Morgan fingerprint density at radius 2 is 1.82 bits per heavy atom. The van der Waals surface area contributed by atoms with E-state index in [1.165, 1.54) is 11.1 Å². The molecule has 0 amide bonds. The predicted molar refractivity (Wildman–Crippen MR) is 134 cm³/mol. The lowest BCUT2D eigenvalue weighted by Crippen LogP contribution is -2.44. The van der Waals surface area contributed by atoms with Gasteiger partial charge in [0.2, 0.25) is 5.88 Å². The van der Waals surface area contributed by atoms with Crippen LogP contribution in [0, 0.1) is 5.92 Å². The van der Waals surface area contributed by atoms with Crippen LogP contribution in [0.15, 0.2) is 36.7 Å². The largest absolute Gasteiger partial charge is 0.474 e. The van der Waals surface area contributed by atoms with E-state index in [0.717, 1.165) is 25.1 Å². The fraction of sp³-hybridized carbons (Fsp3) is 0.615. The van der Waals surface area contributed by atoms with Gasteiger partial charge >= 0.3 is 0 Å². The number of hydrogen-bond donors (Lipinski definition) is 1. The maximum Gasteiger partial charge on any atom is 0.218 e. The van der Waals surface area contributed by atoms with Crippen LogP contribution in [-0.2, 0) is 15.6 Å². The molecule has 6 nitrogen and oxygen atoms in total. The van der Waals surface area contributed by atoms with Crippen molar-refractivity contribution >= 4 is 14.1 Å². The standard InChI is InChI=1S/C26H39N3O3Si/c1-17-12-19(14-21(17)32-33(6,7)26(2,3)4)31-24-15-23(27-16-28-24)29-25-20-11-9-8-10-18(20)13-22(25)30-5/h8-11,15-17,19,21-22,25H,12-14H2,1-7H3,(H,27,28,29)/t17-,19+,21-,22-,25+/m0/s1. The fourth-order valence-electron chi connectivity index (χ4n) is 4.73. The minimum Gasteiger partial charge on any atom is -0.474 e. The van der Waals surface area contributed by atoms with Gasteiger partial charge in [-0.3, -0.25) is 0 Å². The van der Waals surface area contributed by atoms with Gasteiger partial charge in [0.15, 0.2) is 8.32 Å². The van der Waals surface area contributed by atoms with Crippen LogP contribution in [0.4, 0.5) is 5.82 Å². The first-order chi connectivity index (χ1) is 15.6. The van der Waals surface area contributed by atoms with Crippen LogP contribution < -0.4 is 10.1 Å². The number of aromatic nitrogens is 2. The van der Waals surface area contributed by atoms with E-state index in [1.807, 2.05) is 6.07 Å². The number of hydrogen-bond acceptors (Lipinski definition) is 6. The smallest absolute Gasteiger partial charge is 0.218 e. The van der Waals surface area contributed by atoms with Gasteiger partial charge in [-0.05, 0) is 41.6 Å². The predicted octanol–water partition coefficient (Wildman–Crippen LogP) is 5.77. The number of benzene rings is 1. The number of nitrogens with zero attached hydrogens (tertiary/aromatic N) is 2. The lowest BCUT2D eigenvalue weighted by atomic mass is 10.1. The van der Waals surface area contributed by atoms with Gasteiger partial charge in [-0.1, -0.05) is 52.0 Å². The molecule has 0 saturated heterocycles. The van der Waals surface area contributed by atoms with Gasteiger partial charge in [-0.15, -0.1) is 0 Å². The molecule has 2 aliphatic rings. The summed E-state index contributed by atoms with van der Waals surface area (Å²) in [5, 5.41) is 3.76. The van der Waals surface area contributed by atoms with Crippen molar-refractivity contribution < 1.29 is 13.9 Å². The molecule has 33 heavy (non-hydrogen) atoms. The summed E-state index contributed by atoms with van der Waals surface area (Å²) in [6, 6.07) is 10.4. The summed E-state index contributed by atoms with van der Waals surface area (Å²) in [5.74, 6) is 1.84. The summed E-state index contributed by atoms with van der Waals surface area (Å²) < 4.78 is 18.8. The Hall–Kier alpha value is -1.96. The maximum atomic E-state index is 6.71. The topological polar surface area (TPSA) is 65.5 Å². The Balaban J connectivity index is 1.41. The van der Waals surface area contributed by atoms with Gasteiger partial charge < -0.3 is 19.2 Å². The molecule has 1 heterocycles. The Morgan fingerprint density at radius 1 is 1.06 bits per heavy atom. The van der Waals surface area contributed by atoms with Gasteiger partial charge in [0.1, 0.15) is 18.2 Å². The Bertz CT molecular complexity index is 962. The molecule has 0 aliphatic heterocycles. The molecule has 2 aliphatic carbocycles. The monoisotopic (exact) mass is 469 g/mol. The summed E-state index contributed by atoms with van der Waals surface area (Å²) in [7, 11) is -0.0384. The Kier molecular flexibility index (Phi) is 6.85. The molecule has 180 valence electrons. The first kappa shape index (κ1) is 24.2. The van der Waals surface area contributed by atoms with Gasteiger partial charge in [0, 0.05) is 26.0 Å². The van der Waals surface area contributed by atoms with E-state index >= 15 is 0 Å². The third-order valence-corrected chi connectivity index (χ3v) is 12.2. The van der Waals surface area contributed by atoms with Crippen molar-refractivity contribution in [1.82, 2.24) is 9.97 Å². The maximum absolute atomic E-state index is 6.71. The molecule has 1 aromatic carbocycles. The van der Waals surface area contributed by atoms with Crippen molar-refractivity contribution in [1.29, 1.82) is 0 Å². The van der Waals surface area contributed by atoms with Gasteiger partial charge in [-0.25, -0.2) is 9.97 Å². The highest BCUT2D eigenvalue weighted by atomic mass is 28.4. The molecule has 1 N–H and O–H groups in total. The first-order valence-electron chi connectivity index (χ1n) is 12.1. The van der Waals surface area contributed by atoms with Crippen LogP contribution >= 0.6 is 0 Å². The lowest BCUT2D eigenvalue weighted by molar-refractivity contribution is 0.0959. The van der Waals surface area contributed by atoms with Crippen LogP contribution in [0.2, 0.25) is 18.1 Å². The molecule has 0 radical (unpaired) electrons. The van der Waals surface area contributed by atoms with Crippen molar-refractivity contribution in [2.24, 2.45) is 5.92 Å². The average molecular weight is 470 g/mol. The van der Waals surface area contributed by atoms with Crippen LogP contribution in [-0.4, -0.2) is 43.7 Å². The van der Waals surface area contributed by atoms with Gasteiger partial charge in [0.05, 0.1) is 18.2 Å². The number of fused-ring (bicyclic) bond motifs is 1. The molecular formula is C26H39N3O3Si. The molecule has 4 rings (SSSR count). The molecule has 1 aromatic heterocycles. The summed E-state index contributed by atoms with van der Waals surface area (Å²) in [6.07, 6.45) is 4.78. The van der Waals surface area contributed by atoms with E-state index in [0.29, 0.717) is 11.8 Å². The van der Waals surface area contributed by atoms with E-state index < -0.39 is 8.32 Å². The van der Waals surface area contributed by atoms with Crippen molar-refractivity contribution in [2.45, 2.75) is 89.4 Å². The SMILES string of the molecule is CO[C@H]1Cc2ccccc2[C@H]1Nc1cc(O[C@H]2C[C@H](O[Si](C)(C)C(C)(C)C)[C@@H](C)C2)ncn1. The van der Waals surface area contributed by atoms with Crippen LogP contribution in [0.1, 0.15) is 57.7 Å². The van der Waals surface area contributed by atoms with Crippen LogP contribution in [0.3, 0.4) is 0 Å². The number of ether oxygens (including phenoxy) is 2. The Labute approximate surface area is 199 Å². The highest BCUT2D eigenvalue weighted by Crippen LogP contribution is 2.41. The van der Waals surface area contributed by atoms with Crippen molar-refractivity contribution in [3.8, 4) is 5.88 Å². The van der Waals surface area contributed by atoms with Crippen LogP contribution in [0.5, 0.6) is 5.88 Å². The minimum atomic E-state index is -1.81. The van der Waals surface area contributed by atoms with Crippen molar-refractivity contribution in [2.75, 3.05) is 12.4 Å². The zero-order valence-corrected chi connectivity index (χ0v) is 22.1. The van der Waals surface area contributed by atoms with Crippen molar-refractivity contribution in [3.63, 3.8) is 0 Å². The summed E-state index contributed by atoms with van der Waals surface area (Å²) in [4.78, 5) is 8.84. The summed E-state index contributed by atoms with van der Waals surface area (Å²) in [5.41, 5.74) is 2.58. The minimum absolute atomic E-state index is 0.0582. The average Bonchev–Trinajstić information content (AvgIpc) is 3.27. The molecule has 1 fully saturated rings. The third kappa shape index (κ3) is 5.25. The number of nitrogens with one attached hydrogen (secondary N) is 1. The van der Waals surface area contributed by atoms with Crippen LogP contribution in [0.25, 0.3) is 0 Å². The summed E-state index contributed by atoms with van der Waals surface area (Å²) >= 11 is 0. The molecular weight excluding hydrogens is 430 g/mol. The molecule has 2 aromatic rings. The lowest BCUT2D eigenvalue weighted by Gasteiger charge is -2.39. The van der Waals surface area contributed by atoms with Crippen molar-refractivity contribution in [3.05, 3.63) is 47.8 Å². The molecule has 0 spiro atoms. The normalized spacial score (nSPS) is 27.4. The zero-order valence-electron chi connectivity index (χ0n) is 21.1. The van der Waals surface area contributed by atoms with Gasteiger partial charge in [0.25, 0.3) is 0 Å². The second-order valence-corrected chi connectivity index (χ2v) is 15.9.